The summed E-state index contributed by atoms with van der Waals surface area (Å²) in [6.45, 7) is 7.27. The Morgan fingerprint density at radius 1 is 1.31 bits per heavy atom. The maximum absolute atomic E-state index is 12.5. The number of rotatable bonds is 8. The first-order chi connectivity index (χ1) is 15.5. The number of likely N-dealkylation sites (tertiary alicyclic amines) is 1. The number of aromatic nitrogens is 2. The lowest BCUT2D eigenvalue weighted by Crippen LogP contribution is -2.34. The number of aromatic amines is 1. The molecule has 8 heteroatoms. The molecular formula is C24H36N4O4. The summed E-state index contributed by atoms with van der Waals surface area (Å²) in [5.41, 5.74) is 0.868. The number of ether oxygens (including phenoxy) is 2. The number of allylic oxidation sites excluding steroid dienone is 3. The van der Waals surface area contributed by atoms with Crippen molar-refractivity contribution < 1.29 is 19.1 Å². The maximum atomic E-state index is 12.5. The van der Waals surface area contributed by atoms with E-state index in [2.05, 4.69) is 21.6 Å². The molecule has 2 atom stereocenters. The van der Waals surface area contributed by atoms with Crippen LogP contribution in [0, 0.1) is 24.7 Å². The molecule has 3 aliphatic rings. The van der Waals surface area contributed by atoms with Crippen LogP contribution in [0.15, 0.2) is 29.7 Å². The van der Waals surface area contributed by atoms with Gasteiger partial charge in [0.05, 0.1) is 20.3 Å². The zero-order valence-corrected chi connectivity index (χ0v) is 19.6. The minimum atomic E-state index is -0.231. The third-order valence-corrected chi connectivity index (χ3v) is 6.04. The highest BCUT2D eigenvalue weighted by molar-refractivity contribution is 5.94. The highest BCUT2D eigenvalue weighted by Crippen LogP contribution is 2.35. The van der Waals surface area contributed by atoms with E-state index in [1.165, 1.54) is 12.8 Å². The largest absolute Gasteiger partial charge is 0.494 e. The normalized spacial score (nSPS) is 22.9. The molecule has 0 radical (unpaired) electrons. The van der Waals surface area contributed by atoms with Crippen LogP contribution in [-0.4, -0.2) is 53.7 Å². The standard InChI is InChI=1S/C22H30N4O4.C2H6/c1-14-9-20(25-24-14)23-21(27)12-26-11-17(10-22(26)28)16-5-7-18(29-2)19(8-6-16)30-13-15-3-4-15;1-2/h5,7,9,15-17H,3-4,6,8,10-13H2,1-2H3,(H2,23,24,25,27);1-2H3. The summed E-state index contributed by atoms with van der Waals surface area (Å²) in [4.78, 5) is 26.5. The van der Waals surface area contributed by atoms with Crippen LogP contribution in [0.2, 0.25) is 0 Å². The van der Waals surface area contributed by atoms with Gasteiger partial charge in [0.15, 0.2) is 11.6 Å². The van der Waals surface area contributed by atoms with E-state index in [0.29, 0.717) is 24.7 Å². The topological polar surface area (TPSA) is 96.5 Å². The van der Waals surface area contributed by atoms with Gasteiger partial charge in [0.2, 0.25) is 11.8 Å². The zero-order chi connectivity index (χ0) is 23.1. The number of amides is 2. The first kappa shape index (κ1) is 23.9. The van der Waals surface area contributed by atoms with Crippen LogP contribution in [0.5, 0.6) is 0 Å². The van der Waals surface area contributed by atoms with Gasteiger partial charge >= 0.3 is 0 Å². The number of nitrogens with zero attached hydrogens (tertiary/aromatic N) is 2. The molecule has 2 fully saturated rings. The van der Waals surface area contributed by atoms with Gasteiger partial charge in [0.1, 0.15) is 5.76 Å². The second kappa shape index (κ2) is 11.2. The number of methoxy groups -OCH3 is 1. The van der Waals surface area contributed by atoms with E-state index in [1.54, 1.807) is 18.1 Å². The molecule has 1 saturated carbocycles. The molecule has 0 spiro atoms. The molecule has 2 N–H and O–H groups in total. The summed E-state index contributed by atoms with van der Waals surface area (Å²) >= 11 is 0. The third kappa shape index (κ3) is 6.37. The number of H-pyrrole nitrogens is 1. The average Bonchev–Trinajstić information content (AvgIpc) is 3.48. The van der Waals surface area contributed by atoms with Crippen molar-refractivity contribution >= 4 is 17.6 Å². The Morgan fingerprint density at radius 2 is 2.09 bits per heavy atom. The Kier molecular flexibility index (Phi) is 8.36. The van der Waals surface area contributed by atoms with Crippen molar-refractivity contribution in [1.29, 1.82) is 0 Å². The first-order valence-electron chi connectivity index (χ1n) is 11.7. The molecule has 32 heavy (non-hydrogen) atoms. The fourth-order valence-electron chi connectivity index (χ4n) is 4.12. The van der Waals surface area contributed by atoms with Crippen molar-refractivity contribution in [1.82, 2.24) is 15.1 Å². The zero-order valence-electron chi connectivity index (χ0n) is 19.6. The van der Waals surface area contributed by atoms with Gasteiger partial charge in [-0.3, -0.25) is 14.7 Å². The predicted molar refractivity (Wildman–Crippen MR) is 123 cm³/mol. The second-order valence-electron chi connectivity index (χ2n) is 8.53. The van der Waals surface area contributed by atoms with Crippen molar-refractivity contribution in [2.75, 3.05) is 32.1 Å². The summed E-state index contributed by atoms with van der Waals surface area (Å²) in [7, 11) is 1.67. The van der Waals surface area contributed by atoms with Gasteiger partial charge in [0.25, 0.3) is 0 Å². The monoisotopic (exact) mass is 444 g/mol. The Bertz CT molecular complexity index is 856. The summed E-state index contributed by atoms with van der Waals surface area (Å²) in [6, 6.07) is 1.76. The SMILES string of the molecule is CC.COC1=C(OCC2CC2)CCC(C2CC(=O)N(CC(=O)Nc3cc(C)[nH]n3)C2)C=C1. The molecule has 2 unspecified atom stereocenters. The summed E-state index contributed by atoms with van der Waals surface area (Å²) in [5, 5.41) is 9.52. The Morgan fingerprint density at radius 3 is 2.75 bits per heavy atom. The number of hydrogen-bond donors (Lipinski definition) is 2. The van der Waals surface area contributed by atoms with Crippen molar-refractivity contribution in [3.05, 3.63) is 35.4 Å². The van der Waals surface area contributed by atoms with Crippen LogP contribution >= 0.6 is 0 Å². The minimum absolute atomic E-state index is 0.0242. The van der Waals surface area contributed by atoms with E-state index in [4.69, 9.17) is 9.47 Å². The highest BCUT2D eigenvalue weighted by Gasteiger charge is 2.35. The number of carbonyl (C=O) groups is 2. The Hall–Kier alpha value is -2.77. The molecule has 0 aromatic carbocycles. The molecule has 1 aliphatic heterocycles. The van der Waals surface area contributed by atoms with E-state index in [1.807, 2.05) is 26.8 Å². The predicted octanol–water partition coefficient (Wildman–Crippen LogP) is 3.78. The molecule has 8 nitrogen and oxygen atoms in total. The summed E-state index contributed by atoms with van der Waals surface area (Å²) in [5.74, 6) is 3.10. The van der Waals surface area contributed by atoms with Crippen LogP contribution in [0.1, 0.15) is 51.6 Å². The molecule has 1 saturated heterocycles. The minimum Gasteiger partial charge on any atom is -0.494 e. The molecule has 4 rings (SSSR count). The van der Waals surface area contributed by atoms with E-state index in [0.717, 1.165) is 36.7 Å². The molecular weight excluding hydrogens is 408 g/mol. The quantitative estimate of drug-likeness (QED) is 0.636. The highest BCUT2D eigenvalue weighted by atomic mass is 16.5. The lowest BCUT2D eigenvalue weighted by molar-refractivity contribution is -0.131. The van der Waals surface area contributed by atoms with Crippen LogP contribution in [0.25, 0.3) is 0 Å². The molecule has 2 heterocycles. The van der Waals surface area contributed by atoms with Crippen molar-refractivity contribution in [3.63, 3.8) is 0 Å². The van der Waals surface area contributed by atoms with Crippen LogP contribution in [0.3, 0.4) is 0 Å². The van der Waals surface area contributed by atoms with E-state index < -0.39 is 0 Å². The third-order valence-electron chi connectivity index (χ3n) is 6.04. The maximum Gasteiger partial charge on any atom is 0.245 e. The number of aryl methyl sites for hydroxylation is 1. The van der Waals surface area contributed by atoms with Gasteiger partial charge in [-0.1, -0.05) is 19.9 Å². The van der Waals surface area contributed by atoms with Gasteiger partial charge < -0.3 is 19.7 Å². The number of anilines is 1. The Labute approximate surface area is 190 Å². The van der Waals surface area contributed by atoms with Gasteiger partial charge in [0, 0.05) is 31.1 Å². The fourth-order valence-corrected chi connectivity index (χ4v) is 4.12. The van der Waals surface area contributed by atoms with E-state index >= 15 is 0 Å². The number of nitrogens with one attached hydrogen (secondary N) is 2. The summed E-state index contributed by atoms with van der Waals surface area (Å²) in [6.07, 6.45) is 8.80. The Balaban J connectivity index is 0.00000141. The van der Waals surface area contributed by atoms with Crippen molar-refractivity contribution in [2.45, 2.75) is 52.9 Å². The van der Waals surface area contributed by atoms with E-state index in [-0.39, 0.29) is 30.2 Å². The molecule has 176 valence electrons. The van der Waals surface area contributed by atoms with Crippen LogP contribution in [-0.2, 0) is 19.1 Å². The molecule has 0 bridgehead atoms. The number of carbonyl (C=O) groups excluding carboxylic acids is 2. The number of hydrogen-bond acceptors (Lipinski definition) is 5. The lowest BCUT2D eigenvalue weighted by Gasteiger charge is -2.20. The van der Waals surface area contributed by atoms with Crippen LogP contribution in [0.4, 0.5) is 5.82 Å². The van der Waals surface area contributed by atoms with Gasteiger partial charge in [-0.05, 0) is 50.0 Å². The van der Waals surface area contributed by atoms with Crippen molar-refractivity contribution in [3.8, 4) is 0 Å². The smallest absolute Gasteiger partial charge is 0.245 e. The molecule has 1 aromatic rings. The first-order valence-corrected chi connectivity index (χ1v) is 11.7. The molecule has 2 amide bonds. The van der Waals surface area contributed by atoms with Gasteiger partial charge in [-0.2, -0.15) is 5.10 Å². The van der Waals surface area contributed by atoms with Crippen LogP contribution < -0.4 is 5.32 Å². The second-order valence-corrected chi connectivity index (χ2v) is 8.53. The molecule has 2 aliphatic carbocycles. The molecule has 1 aromatic heterocycles. The average molecular weight is 445 g/mol. The van der Waals surface area contributed by atoms with Gasteiger partial charge in [-0.15, -0.1) is 0 Å². The van der Waals surface area contributed by atoms with E-state index in [9.17, 15) is 9.59 Å². The van der Waals surface area contributed by atoms with Crippen molar-refractivity contribution in [2.24, 2.45) is 17.8 Å². The lowest BCUT2D eigenvalue weighted by atomic mass is 9.88. The summed E-state index contributed by atoms with van der Waals surface area (Å²) < 4.78 is 11.5. The fraction of sp³-hybridized carbons (Fsp3) is 0.625. The van der Waals surface area contributed by atoms with Gasteiger partial charge in [-0.25, -0.2) is 0 Å².